The predicted octanol–water partition coefficient (Wildman–Crippen LogP) is 0.393. The highest BCUT2D eigenvalue weighted by atomic mass is 32.2. The smallest absolute Gasteiger partial charge is 0.262 e. The number of nitrogens with one attached hydrogen (secondary N) is 1. The lowest BCUT2D eigenvalue weighted by molar-refractivity contribution is 0.462. The minimum absolute atomic E-state index is 0.00550. The van der Waals surface area contributed by atoms with Crippen LogP contribution in [0.5, 0.6) is 0 Å². The SMILES string of the molecule is Cc1[nH]nc(S(=O)(=O)N(C)Cc2ccncc2)c1CN. The van der Waals surface area contributed by atoms with Crippen LogP contribution in [0.25, 0.3) is 0 Å². The van der Waals surface area contributed by atoms with Gasteiger partial charge in [-0.15, -0.1) is 0 Å². The summed E-state index contributed by atoms with van der Waals surface area (Å²) in [5.41, 5.74) is 7.64. The number of rotatable bonds is 5. The quantitative estimate of drug-likeness (QED) is 0.830. The van der Waals surface area contributed by atoms with Gasteiger partial charge in [0.1, 0.15) is 0 Å². The average molecular weight is 295 g/mol. The fourth-order valence-electron chi connectivity index (χ4n) is 1.86. The number of pyridine rings is 1. The van der Waals surface area contributed by atoms with E-state index in [4.69, 9.17) is 5.73 Å². The maximum atomic E-state index is 12.5. The number of H-pyrrole nitrogens is 1. The Morgan fingerprint density at radius 1 is 1.35 bits per heavy atom. The van der Waals surface area contributed by atoms with E-state index in [9.17, 15) is 8.42 Å². The number of nitrogens with two attached hydrogens (primary N) is 1. The molecule has 8 heteroatoms. The van der Waals surface area contributed by atoms with Crippen molar-refractivity contribution in [2.75, 3.05) is 7.05 Å². The van der Waals surface area contributed by atoms with Crippen molar-refractivity contribution in [1.82, 2.24) is 19.5 Å². The number of aryl methyl sites for hydroxylation is 1. The fourth-order valence-corrected chi connectivity index (χ4v) is 3.18. The predicted molar refractivity (Wildman–Crippen MR) is 74.1 cm³/mol. The molecule has 2 rings (SSSR count). The van der Waals surface area contributed by atoms with Crippen LogP contribution in [-0.4, -0.2) is 35.0 Å². The molecule has 0 amide bonds. The Morgan fingerprint density at radius 3 is 2.60 bits per heavy atom. The summed E-state index contributed by atoms with van der Waals surface area (Å²) >= 11 is 0. The van der Waals surface area contributed by atoms with Gasteiger partial charge in [0, 0.05) is 43.8 Å². The Morgan fingerprint density at radius 2 is 2.00 bits per heavy atom. The molecule has 108 valence electrons. The lowest BCUT2D eigenvalue weighted by atomic mass is 10.3. The second-order valence-electron chi connectivity index (χ2n) is 4.45. The summed E-state index contributed by atoms with van der Waals surface area (Å²) in [4.78, 5) is 3.90. The van der Waals surface area contributed by atoms with Crippen molar-refractivity contribution in [3.05, 3.63) is 41.3 Å². The minimum Gasteiger partial charge on any atom is -0.326 e. The molecule has 2 aromatic heterocycles. The van der Waals surface area contributed by atoms with Gasteiger partial charge < -0.3 is 5.73 Å². The van der Waals surface area contributed by atoms with E-state index < -0.39 is 10.0 Å². The molecule has 0 bridgehead atoms. The summed E-state index contributed by atoms with van der Waals surface area (Å²) in [7, 11) is -2.15. The van der Waals surface area contributed by atoms with Crippen LogP contribution < -0.4 is 5.73 Å². The summed E-state index contributed by atoms with van der Waals surface area (Å²) in [5, 5.41) is 6.54. The van der Waals surface area contributed by atoms with E-state index in [1.807, 2.05) is 0 Å². The van der Waals surface area contributed by atoms with Crippen molar-refractivity contribution in [2.24, 2.45) is 5.73 Å². The first-order valence-corrected chi connectivity index (χ1v) is 7.50. The van der Waals surface area contributed by atoms with Crippen molar-refractivity contribution in [3.63, 3.8) is 0 Å². The van der Waals surface area contributed by atoms with Gasteiger partial charge >= 0.3 is 0 Å². The zero-order chi connectivity index (χ0) is 14.8. The topological polar surface area (TPSA) is 105 Å². The fraction of sp³-hybridized carbons (Fsp3) is 0.333. The van der Waals surface area contributed by atoms with Gasteiger partial charge in [-0.3, -0.25) is 10.1 Å². The van der Waals surface area contributed by atoms with Crippen LogP contribution in [0.15, 0.2) is 29.6 Å². The molecule has 0 saturated heterocycles. The van der Waals surface area contributed by atoms with Crippen molar-refractivity contribution < 1.29 is 8.42 Å². The highest BCUT2D eigenvalue weighted by molar-refractivity contribution is 7.89. The third-order valence-corrected chi connectivity index (χ3v) is 4.83. The Labute approximate surface area is 117 Å². The number of hydrogen-bond donors (Lipinski definition) is 2. The largest absolute Gasteiger partial charge is 0.326 e. The van der Waals surface area contributed by atoms with Crippen LogP contribution in [0.3, 0.4) is 0 Å². The van der Waals surface area contributed by atoms with Crippen LogP contribution in [0.2, 0.25) is 0 Å². The molecule has 0 fully saturated rings. The summed E-state index contributed by atoms with van der Waals surface area (Å²) in [5.74, 6) is 0. The third-order valence-electron chi connectivity index (χ3n) is 3.05. The van der Waals surface area contributed by atoms with Crippen molar-refractivity contribution in [2.45, 2.75) is 25.0 Å². The molecular weight excluding hydrogens is 278 g/mol. The molecule has 2 aromatic rings. The Kier molecular flexibility index (Phi) is 4.17. The van der Waals surface area contributed by atoms with Gasteiger partial charge in [-0.2, -0.15) is 9.40 Å². The zero-order valence-corrected chi connectivity index (χ0v) is 12.2. The molecule has 0 aliphatic carbocycles. The summed E-state index contributed by atoms with van der Waals surface area (Å²) in [6.45, 7) is 2.12. The first kappa shape index (κ1) is 14.6. The van der Waals surface area contributed by atoms with Gasteiger partial charge in [-0.05, 0) is 24.6 Å². The zero-order valence-electron chi connectivity index (χ0n) is 11.4. The minimum atomic E-state index is -3.67. The van der Waals surface area contributed by atoms with Crippen LogP contribution >= 0.6 is 0 Å². The van der Waals surface area contributed by atoms with Gasteiger partial charge in [0.05, 0.1) is 0 Å². The second-order valence-corrected chi connectivity index (χ2v) is 6.41. The van der Waals surface area contributed by atoms with E-state index >= 15 is 0 Å². The highest BCUT2D eigenvalue weighted by Gasteiger charge is 2.27. The Bertz CT molecular complexity index is 681. The van der Waals surface area contributed by atoms with Crippen LogP contribution in [-0.2, 0) is 23.1 Å². The Hall–Kier alpha value is -1.77. The van der Waals surface area contributed by atoms with E-state index in [1.165, 1.54) is 11.4 Å². The molecule has 3 N–H and O–H groups in total. The van der Waals surface area contributed by atoms with Gasteiger partial charge in [0.15, 0.2) is 5.03 Å². The van der Waals surface area contributed by atoms with Gasteiger partial charge in [0.25, 0.3) is 10.0 Å². The Balaban J connectivity index is 2.30. The van der Waals surface area contributed by atoms with Gasteiger partial charge in [-0.25, -0.2) is 8.42 Å². The molecular formula is C12H17N5O2S. The lowest BCUT2D eigenvalue weighted by Crippen LogP contribution is -2.28. The van der Waals surface area contributed by atoms with E-state index in [1.54, 1.807) is 31.5 Å². The van der Waals surface area contributed by atoms with Crippen LogP contribution in [0.4, 0.5) is 0 Å². The monoisotopic (exact) mass is 295 g/mol. The molecule has 0 saturated carbocycles. The van der Waals surface area contributed by atoms with E-state index in [-0.39, 0.29) is 18.1 Å². The molecule has 20 heavy (non-hydrogen) atoms. The average Bonchev–Trinajstić information content (AvgIpc) is 2.81. The van der Waals surface area contributed by atoms with E-state index in [2.05, 4.69) is 15.2 Å². The van der Waals surface area contributed by atoms with Crippen LogP contribution in [0.1, 0.15) is 16.8 Å². The number of aromatic amines is 1. The summed E-state index contributed by atoms with van der Waals surface area (Å²) in [6, 6.07) is 3.54. The van der Waals surface area contributed by atoms with Gasteiger partial charge in [-0.1, -0.05) is 0 Å². The number of sulfonamides is 1. The van der Waals surface area contributed by atoms with Gasteiger partial charge in [0.2, 0.25) is 0 Å². The van der Waals surface area contributed by atoms with E-state index in [0.717, 1.165) is 5.56 Å². The first-order chi connectivity index (χ1) is 9.46. The highest BCUT2D eigenvalue weighted by Crippen LogP contribution is 2.20. The molecule has 7 nitrogen and oxygen atoms in total. The third kappa shape index (κ3) is 2.72. The maximum absolute atomic E-state index is 12.5. The maximum Gasteiger partial charge on any atom is 0.262 e. The molecule has 0 unspecified atom stereocenters. The number of aromatic nitrogens is 3. The number of nitrogens with zero attached hydrogens (tertiary/aromatic N) is 3. The molecule has 0 aliphatic rings. The molecule has 0 spiro atoms. The van der Waals surface area contributed by atoms with E-state index in [0.29, 0.717) is 11.3 Å². The second kappa shape index (κ2) is 5.70. The number of hydrogen-bond acceptors (Lipinski definition) is 5. The molecule has 0 radical (unpaired) electrons. The standard InChI is InChI=1S/C12H17N5O2S/c1-9-11(7-13)12(16-15-9)20(18,19)17(2)8-10-3-5-14-6-4-10/h3-6H,7-8,13H2,1-2H3,(H,15,16). The molecule has 0 aromatic carbocycles. The van der Waals surface area contributed by atoms with Crippen molar-refractivity contribution >= 4 is 10.0 Å². The summed E-state index contributed by atoms with van der Waals surface area (Å²) < 4.78 is 26.3. The summed E-state index contributed by atoms with van der Waals surface area (Å²) in [6.07, 6.45) is 3.25. The van der Waals surface area contributed by atoms with Crippen LogP contribution in [0, 0.1) is 6.92 Å². The first-order valence-electron chi connectivity index (χ1n) is 6.06. The van der Waals surface area contributed by atoms with Crippen molar-refractivity contribution in [3.8, 4) is 0 Å². The molecule has 0 aliphatic heterocycles. The van der Waals surface area contributed by atoms with Crippen molar-refractivity contribution in [1.29, 1.82) is 0 Å². The normalized spacial score (nSPS) is 12.0. The lowest BCUT2D eigenvalue weighted by Gasteiger charge is -2.16. The molecule has 2 heterocycles. The molecule has 0 atom stereocenters.